The van der Waals surface area contributed by atoms with E-state index in [0.717, 1.165) is 16.2 Å². The molecular formula is C27H27N3O4S. The Morgan fingerprint density at radius 2 is 1.86 bits per heavy atom. The molecule has 1 saturated carbocycles. The predicted molar refractivity (Wildman–Crippen MR) is 133 cm³/mol. The molecule has 2 N–H and O–H groups in total. The van der Waals surface area contributed by atoms with Crippen molar-refractivity contribution in [1.29, 1.82) is 5.26 Å². The van der Waals surface area contributed by atoms with Crippen LogP contribution >= 0.6 is 11.8 Å². The predicted octanol–water partition coefficient (Wildman–Crippen LogP) is 5.21. The van der Waals surface area contributed by atoms with Crippen LogP contribution in [0.25, 0.3) is 10.8 Å². The first-order chi connectivity index (χ1) is 16.6. The Labute approximate surface area is 208 Å². The second-order valence-electron chi connectivity index (χ2n) is 9.71. The van der Waals surface area contributed by atoms with Crippen LogP contribution < -0.4 is 5.32 Å². The second-order valence-corrected chi connectivity index (χ2v) is 10.9. The van der Waals surface area contributed by atoms with Crippen molar-refractivity contribution >= 4 is 34.4 Å². The quantitative estimate of drug-likeness (QED) is 0.457. The van der Waals surface area contributed by atoms with Gasteiger partial charge in [-0.3, -0.25) is 9.59 Å². The zero-order valence-corrected chi connectivity index (χ0v) is 20.7. The zero-order chi connectivity index (χ0) is 25.2. The van der Waals surface area contributed by atoms with Gasteiger partial charge in [0, 0.05) is 27.1 Å². The van der Waals surface area contributed by atoms with E-state index in [9.17, 15) is 20.0 Å². The topological polar surface area (TPSA) is 112 Å². The third-order valence-electron chi connectivity index (χ3n) is 5.98. The Bertz CT molecular complexity index is 1320. The molecule has 35 heavy (non-hydrogen) atoms. The van der Waals surface area contributed by atoms with E-state index in [2.05, 4.69) is 10.3 Å². The van der Waals surface area contributed by atoms with Crippen molar-refractivity contribution in [2.24, 2.45) is 5.41 Å². The maximum atomic E-state index is 13.0. The highest BCUT2D eigenvalue weighted by molar-refractivity contribution is 7.99. The number of hydrogen-bond acceptors (Lipinski definition) is 7. The molecule has 1 amide bonds. The third-order valence-corrected chi connectivity index (χ3v) is 6.98. The number of nitriles is 1. The van der Waals surface area contributed by atoms with E-state index in [1.54, 1.807) is 32.9 Å². The van der Waals surface area contributed by atoms with Crippen LogP contribution in [0.15, 0.2) is 58.3 Å². The van der Waals surface area contributed by atoms with Gasteiger partial charge >= 0.3 is 5.97 Å². The van der Waals surface area contributed by atoms with Gasteiger partial charge in [-0.2, -0.15) is 5.26 Å². The number of nitrogens with zero attached hydrogens (tertiary/aromatic N) is 2. The van der Waals surface area contributed by atoms with Crippen molar-refractivity contribution in [1.82, 2.24) is 10.3 Å². The summed E-state index contributed by atoms with van der Waals surface area (Å²) in [4.78, 5) is 31.8. The molecule has 180 valence electrons. The molecule has 1 aliphatic carbocycles. The SMILES string of the molecule is CC(C)(C)OC(=O)C1(CNC(=O)c2nc(C#N)c3cc(Sc4ccccc4)ccc3c2O)CCC1. The van der Waals surface area contributed by atoms with Gasteiger partial charge in [-0.1, -0.05) is 36.4 Å². The number of aromatic nitrogens is 1. The number of ether oxygens (including phenoxy) is 1. The summed E-state index contributed by atoms with van der Waals surface area (Å²) in [5.41, 5.74) is -1.60. The number of fused-ring (bicyclic) bond motifs is 1. The molecule has 1 aromatic heterocycles. The number of pyridine rings is 1. The van der Waals surface area contributed by atoms with Crippen molar-refractivity contribution < 1.29 is 19.4 Å². The fourth-order valence-corrected chi connectivity index (χ4v) is 4.86. The number of hydrogen-bond donors (Lipinski definition) is 2. The van der Waals surface area contributed by atoms with Crippen molar-refractivity contribution in [2.45, 2.75) is 55.4 Å². The van der Waals surface area contributed by atoms with E-state index in [1.165, 1.54) is 11.8 Å². The minimum atomic E-state index is -0.781. The van der Waals surface area contributed by atoms with Crippen molar-refractivity contribution in [3.8, 4) is 11.8 Å². The molecule has 1 fully saturated rings. The summed E-state index contributed by atoms with van der Waals surface area (Å²) in [6.45, 7) is 5.49. The van der Waals surface area contributed by atoms with Gasteiger partial charge in [0.1, 0.15) is 17.4 Å². The maximum absolute atomic E-state index is 13.0. The molecule has 2 aromatic carbocycles. The molecular weight excluding hydrogens is 462 g/mol. The highest BCUT2D eigenvalue weighted by atomic mass is 32.2. The average molecular weight is 490 g/mol. The van der Waals surface area contributed by atoms with Gasteiger partial charge in [-0.15, -0.1) is 0 Å². The lowest BCUT2D eigenvalue weighted by Gasteiger charge is -2.41. The first-order valence-corrected chi connectivity index (χ1v) is 12.2. The van der Waals surface area contributed by atoms with Crippen LogP contribution in [-0.2, 0) is 9.53 Å². The van der Waals surface area contributed by atoms with Crippen LogP contribution in [0.2, 0.25) is 0 Å². The normalized spacial score (nSPS) is 14.6. The van der Waals surface area contributed by atoms with Crippen LogP contribution in [-0.4, -0.2) is 34.1 Å². The molecule has 4 rings (SSSR count). The lowest BCUT2D eigenvalue weighted by Crippen LogP contribution is -2.50. The maximum Gasteiger partial charge on any atom is 0.314 e. The molecule has 1 heterocycles. The summed E-state index contributed by atoms with van der Waals surface area (Å²) in [5.74, 6) is -1.28. The van der Waals surface area contributed by atoms with Gasteiger partial charge < -0.3 is 15.2 Å². The molecule has 8 heteroatoms. The number of carbonyl (C=O) groups is 2. The van der Waals surface area contributed by atoms with Crippen LogP contribution in [0.4, 0.5) is 0 Å². The summed E-state index contributed by atoms with van der Waals surface area (Å²) >= 11 is 1.52. The lowest BCUT2D eigenvalue weighted by atomic mass is 9.68. The molecule has 1 aliphatic rings. The number of amides is 1. The van der Waals surface area contributed by atoms with Gasteiger partial charge in [0.25, 0.3) is 5.91 Å². The van der Waals surface area contributed by atoms with E-state index in [0.29, 0.717) is 23.6 Å². The number of carbonyl (C=O) groups excluding carboxylic acids is 2. The van der Waals surface area contributed by atoms with Crippen LogP contribution in [0.3, 0.4) is 0 Å². The Morgan fingerprint density at radius 3 is 2.46 bits per heavy atom. The number of benzene rings is 2. The van der Waals surface area contributed by atoms with Gasteiger partial charge in [0.2, 0.25) is 0 Å². The van der Waals surface area contributed by atoms with Gasteiger partial charge in [0.15, 0.2) is 11.4 Å². The van der Waals surface area contributed by atoms with E-state index in [1.807, 2.05) is 42.5 Å². The van der Waals surface area contributed by atoms with E-state index >= 15 is 0 Å². The number of rotatable bonds is 6. The Balaban J connectivity index is 1.57. The average Bonchev–Trinajstić information content (AvgIpc) is 2.78. The summed E-state index contributed by atoms with van der Waals surface area (Å²) in [6, 6.07) is 17.1. The van der Waals surface area contributed by atoms with E-state index in [-0.39, 0.29) is 29.7 Å². The minimum Gasteiger partial charge on any atom is -0.505 e. The smallest absolute Gasteiger partial charge is 0.314 e. The molecule has 0 spiro atoms. The van der Waals surface area contributed by atoms with E-state index in [4.69, 9.17) is 4.74 Å². The summed E-state index contributed by atoms with van der Waals surface area (Å²) in [6.07, 6.45) is 2.10. The fraction of sp³-hybridized carbons (Fsp3) is 0.333. The zero-order valence-electron chi connectivity index (χ0n) is 19.9. The second kappa shape index (κ2) is 9.59. The fourth-order valence-electron chi connectivity index (χ4n) is 3.99. The van der Waals surface area contributed by atoms with Crippen molar-refractivity contribution in [2.75, 3.05) is 6.54 Å². The summed E-state index contributed by atoms with van der Waals surface area (Å²) < 4.78 is 5.55. The van der Waals surface area contributed by atoms with Gasteiger partial charge in [0.05, 0.1) is 5.41 Å². The molecule has 0 atom stereocenters. The third kappa shape index (κ3) is 5.25. The first-order valence-electron chi connectivity index (χ1n) is 11.4. The molecule has 0 radical (unpaired) electrons. The summed E-state index contributed by atoms with van der Waals surface area (Å²) in [7, 11) is 0. The minimum absolute atomic E-state index is 0.0453. The Morgan fingerprint density at radius 1 is 1.14 bits per heavy atom. The van der Waals surface area contributed by atoms with Crippen LogP contribution in [0.5, 0.6) is 5.75 Å². The Kier molecular flexibility index (Phi) is 6.73. The number of nitrogens with one attached hydrogen (secondary N) is 1. The monoisotopic (exact) mass is 489 g/mol. The highest BCUT2D eigenvalue weighted by Crippen LogP contribution is 2.42. The van der Waals surface area contributed by atoms with E-state index < -0.39 is 16.9 Å². The first kappa shape index (κ1) is 24.6. The largest absolute Gasteiger partial charge is 0.505 e. The standard InChI is InChI=1S/C27H27N3O4S/c1-26(2,3)34-25(33)27(12-7-13-27)16-29-24(32)22-23(31)19-11-10-18(14-20(19)21(15-28)30-22)35-17-8-5-4-6-9-17/h4-6,8-11,14,31H,7,12-13,16H2,1-3H3,(H,29,32). The summed E-state index contributed by atoms with van der Waals surface area (Å²) in [5, 5.41) is 24.1. The molecule has 0 aliphatic heterocycles. The number of esters is 1. The molecule has 3 aromatic rings. The Hall–Kier alpha value is -3.57. The van der Waals surface area contributed by atoms with Gasteiger partial charge in [-0.25, -0.2) is 4.98 Å². The van der Waals surface area contributed by atoms with Gasteiger partial charge in [-0.05, 0) is 63.9 Å². The molecule has 0 bridgehead atoms. The van der Waals surface area contributed by atoms with Crippen molar-refractivity contribution in [3.05, 3.63) is 59.9 Å². The molecule has 7 nitrogen and oxygen atoms in total. The lowest BCUT2D eigenvalue weighted by molar-refractivity contribution is -0.172. The highest BCUT2D eigenvalue weighted by Gasteiger charge is 2.47. The van der Waals surface area contributed by atoms with Crippen LogP contribution in [0, 0.1) is 16.7 Å². The molecule has 0 saturated heterocycles. The number of aromatic hydroxyl groups is 1. The van der Waals surface area contributed by atoms with Crippen LogP contribution in [0.1, 0.15) is 56.2 Å². The van der Waals surface area contributed by atoms with Crippen molar-refractivity contribution in [3.63, 3.8) is 0 Å². The molecule has 0 unspecified atom stereocenters.